The van der Waals surface area contributed by atoms with E-state index in [0.717, 1.165) is 20.6 Å². The molecule has 1 heterocycles. The lowest BCUT2D eigenvalue weighted by molar-refractivity contribution is 0.102. The molecule has 0 aliphatic heterocycles. The van der Waals surface area contributed by atoms with Crippen LogP contribution in [0.3, 0.4) is 0 Å². The Hall–Kier alpha value is -0.920. The van der Waals surface area contributed by atoms with Crippen LogP contribution in [0.25, 0.3) is 0 Å². The fourth-order valence-electron chi connectivity index (χ4n) is 1.70. The number of para-hydroxylation sites is 1. The van der Waals surface area contributed by atoms with Gasteiger partial charge in [0, 0.05) is 18.2 Å². The van der Waals surface area contributed by atoms with E-state index >= 15 is 0 Å². The maximum atomic E-state index is 12.1. The van der Waals surface area contributed by atoms with Gasteiger partial charge in [0.2, 0.25) is 0 Å². The monoisotopic (exact) mass is 387 g/mol. The number of carbonyl (C=O) groups is 1. The quantitative estimate of drug-likeness (QED) is 0.793. The summed E-state index contributed by atoms with van der Waals surface area (Å²) < 4.78 is 6.19. The van der Waals surface area contributed by atoms with Crippen LogP contribution in [0.2, 0.25) is 0 Å². The number of anilines is 1. The zero-order chi connectivity index (χ0) is 13.7. The summed E-state index contributed by atoms with van der Waals surface area (Å²) in [6, 6.07) is 9.70. The molecule has 0 unspecified atom stereocenters. The normalized spacial score (nSPS) is 10.4. The zero-order valence-corrected chi connectivity index (χ0v) is 13.5. The van der Waals surface area contributed by atoms with Gasteiger partial charge in [0.1, 0.15) is 0 Å². The van der Waals surface area contributed by atoms with E-state index in [1.165, 1.54) is 0 Å². The molecule has 1 aromatic heterocycles. The summed E-state index contributed by atoms with van der Waals surface area (Å²) in [6.07, 6.45) is 0.786. The molecule has 19 heavy (non-hydrogen) atoms. The van der Waals surface area contributed by atoms with Crippen LogP contribution in [0, 0.1) is 2.88 Å². The molecule has 3 nitrogen and oxygen atoms in total. The highest BCUT2D eigenvalue weighted by Gasteiger charge is 2.10. The summed E-state index contributed by atoms with van der Waals surface area (Å²) in [5, 5.41) is 4.83. The smallest absolute Gasteiger partial charge is 0.256 e. The van der Waals surface area contributed by atoms with E-state index in [2.05, 4.69) is 27.9 Å². The van der Waals surface area contributed by atoms with E-state index in [0.29, 0.717) is 12.2 Å². The molecule has 1 N–H and O–H groups in total. The second kappa shape index (κ2) is 7.02. The SMILES string of the molecule is COCCc1ccccc1NC(=O)c1csc(I)c1. The Morgan fingerprint density at radius 3 is 2.89 bits per heavy atom. The molecule has 1 amide bonds. The van der Waals surface area contributed by atoms with Crippen LogP contribution in [0.5, 0.6) is 0 Å². The van der Waals surface area contributed by atoms with Gasteiger partial charge in [-0.2, -0.15) is 0 Å². The van der Waals surface area contributed by atoms with Crippen LogP contribution >= 0.6 is 33.9 Å². The van der Waals surface area contributed by atoms with Crippen LogP contribution < -0.4 is 5.32 Å². The summed E-state index contributed by atoms with van der Waals surface area (Å²) in [5.41, 5.74) is 2.64. The first-order valence-electron chi connectivity index (χ1n) is 5.83. The lowest BCUT2D eigenvalue weighted by Crippen LogP contribution is -2.13. The van der Waals surface area contributed by atoms with Crippen molar-refractivity contribution in [2.75, 3.05) is 19.0 Å². The summed E-state index contributed by atoms with van der Waals surface area (Å²) in [7, 11) is 1.68. The summed E-state index contributed by atoms with van der Waals surface area (Å²) in [6.45, 7) is 0.642. The Balaban J connectivity index is 2.12. The first-order chi connectivity index (χ1) is 9.20. The summed E-state index contributed by atoms with van der Waals surface area (Å²) >= 11 is 3.78. The maximum Gasteiger partial charge on any atom is 0.256 e. The Kier molecular flexibility index (Phi) is 5.35. The fourth-order valence-corrected chi connectivity index (χ4v) is 3.02. The van der Waals surface area contributed by atoms with Crippen LogP contribution in [-0.2, 0) is 11.2 Å². The van der Waals surface area contributed by atoms with Gasteiger partial charge in [0.05, 0.1) is 15.1 Å². The second-order valence-electron chi connectivity index (χ2n) is 3.99. The molecule has 5 heteroatoms. The van der Waals surface area contributed by atoms with E-state index in [1.54, 1.807) is 18.4 Å². The van der Waals surface area contributed by atoms with Gasteiger partial charge in [-0.3, -0.25) is 4.79 Å². The lowest BCUT2D eigenvalue weighted by Gasteiger charge is -2.10. The minimum absolute atomic E-state index is 0.0657. The Labute approximate surface area is 130 Å². The van der Waals surface area contributed by atoms with Crippen molar-refractivity contribution in [3.63, 3.8) is 0 Å². The Morgan fingerprint density at radius 2 is 2.21 bits per heavy atom. The second-order valence-corrected chi connectivity index (χ2v) is 6.80. The number of thiophene rings is 1. The van der Waals surface area contributed by atoms with Crippen molar-refractivity contribution >= 4 is 45.5 Å². The van der Waals surface area contributed by atoms with Gasteiger partial charge in [0.15, 0.2) is 0 Å². The van der Waals surface area contributed by atoms with Crippen molar-refractivity contribution in [1.29, 1.82) is 0 Å². The van der Waals surface area contributed by atoms with E-state index in [4.69, 9.17) is 4.74 Å². The topological polar surface area (TPSA) is 38.3 Å². The molecule has 100 valence electrons. The molecule has 1 aromatic carbocycles. The standard InChI is InChI=1S/C14H14INO2S/c1-18-7-6-10-4-2-3-5-12(10)16-14(17)11-8-13(15)19-9-11/h2-5,8-9H,6-7H2,1H3,(H,16,17). The molecule has 0 radical (unpaired) electrons. The molecular weight excluding hydrogens is 373 g/mol. The van der Waals surface area contributed by atoms with Gasteiger partial charge in [-0.1, -0.05) is 18.2 Å². The third kappa shape index (κ3) is 4.02. The first kappa shape index (κ1) is 14.5. The van der Waals surface area contributed by atoms with Crippen molar-refractivity contribution in [1.82, 2.24) is 0 Å². The van der Waals surface area contributed by atoms with Gasteiger partial charge in [-0.15, -0.1) is 11.3 Å². The molecule has 0 saturated heterocycles. The highest BCUT2D eigenvalue weighted by molar-refractivity contribution is 14.1. The Morgan fingerprint density at radius 1 is 1.42 bits per heavy atom. The van der Waals surface area contributed by atoms with E-state index in [9.17, 15) is 4.79 Å². The third-order valence-electron chi connectivity index (χ3n) is 2.67. The fraction of sp³-hybridized carbons (Fsp3) is 0.214. The minimum atomic E-state index is -0.0657. The third-order valence-corrected chi connectivity index (χ3v) is 4.46. The molecule has 0 saturated carbocycles. The number of methoxy groups -OCH3 is 1. The van der Waals surface area contributed by atoms with Gasteiger partial charge >= 0.3 is 0 Å². The van der Waals surface area contributed by atoms with Gasteiger partial charge in [0.25, 0.3) is 5.91 Å². The first-order valence-corrected chi connectivity index (χ1v) is 7.79. The van der Waals surface area contributed by atoms with Crippen LogP contribution in [0.4, 0.5) is 5.69 Å². The van der Waals surface area contributed by atoms with Gasteiger partial charge in [-0.25, -0.2) is 0 Å². The van der Waals surface area contributed by atoms with E-state index in [1.807, 2.05) is 35.7 Å². The number of hydrogen-bond donors (Lipinski definition) is 1. The van der Waals surface area contributed by atoms with Crippen LogP contribution in [0.15, 0.2) is 35.7 Å². The van der Waals surface area contributed by atoms with Crippen molar-refractivity contribution in [3.8, 4) is 0 Å². The maximum absolute atomic E-state index is 12.1. The number of amides is 1. The van der Waals surface area contributed by atoms with Gasteiger partial charge < -0.3 is 10.1 Å². The average Bonchev–Trinajstić information content (AvgIpc) is 2.84. The molecule has 0 atom stereocenters. The van der Waals surface area contributed by atoms with E-state index in [-0.39, 0.29) is 5.91 Å². The number of halogens is 1. The summed E-state index contributed by atoms with van der Waals surface area (Å²) in [5.74, 6) is -0.0657. The van der Waals surface area contributed by atoms with Crippen LogP contribution in [0.1, 0.15) is 15.9 Å². The number of ether oxygens (including phenoxy) is 1. The van der Waals surface area contributed by atoms with Crippen molar-refractivity contribution < 1.29 is 9.53 Å². The number of rotatable bonds is 5. The number of benzene rings is 1. The number of nitrogens with one attached hydrogen (secondary N) is 1. The summed E-state index contributed by atoms with van der Waals surface area (Å²) in [4.78, 5) is 12.1. The molecule has 0 bridgehead atoms. The van der Waals surface area contributed by atoms with Crippen molar-refractivity contribution in [2.24, 2.45) is 0 Å². The highest BCUT2D eigenvalue weighted by Crippen LogP contribution is 2.20. The molecule has 0 spiro atoms. The van der Waals surface area contributed by atoms with Gasteiger partial charge in [-0.05, 0) is 46.7 Å². The van der Waals surface area contributed by atoms with E-state index < -0.39 is 0 Å². The largest absolute Gasteiger partial charge is 0.384 e. The number of carbonyl (C=O) groups excluding carboxylic acids is 1. The molecule has 0 aliphatic rings. The minimum Gasteiger partial charge on any atom is -0.384 e. The number of hydrogen-bond acceptors (Lipinski definition) is 3. The predicted molar refractivity (Wildman–Crippen MR) is 87.0 cm³/mol. The average molecular weight is 387 g/mol. The molecule has 2 rings (SSSR count). The molecule has 0 aliphatic carbocycles. The van der Waals surface area contributed by atoms with Crippen molar-refractivity contribution in [3.05, 3.63) is 49.7 Å². The predicted octanol–water partition coefficient (Wildman–Crippen LogP) is 3.79. The molecule has 2 aromatic rings. The van der Waals surface area contributed by atoms with Crippen molar-refractivity contribution in [2.45, 2.75) is 6.42 Å². The molecular formula is C14H14INO2S. The lowest BCUT2D eigenvalue weighted by atomic mass is 10.1. The highest BCUT2D eigenvalue weighted by atomic mass is 127. The molecule has 0 fully saturated rings. The zero-order valence-electron chi connectivity index (χ0n) is 10.5. The van der Waals surface area contributed by atoms with Crippen LogP contribution in [-0.4, -0.2) is 19.6 Å². The Bertz CT molecular complexity index is 568.